The van der Waals surface area contributed by atoms with Crippen LogP contribution in [0.3, 0.4) is 0 Å². The predicted octanol–water partition coefficient (Wildman–Crippen LogP) is 2.36. The number of nitrogens with zero attached hydrogens (tertiary/aromatic N) is 3. The maximum absolute atomic E-state index is 5.38. The van der Waals surface area contributed by atoms with Crippen molar-refractivity contribution in [3.05, 3.63) is 36.2 Å². The molecule has 2 heterocycles. The normalized spacial score (nSPS) is 10.8. The first-order chi connectivity index (χ1) is 9.26. The van der Waals surface area contributed by atoms with Crippen LogP contribution in [0.15, 0.2) is 45.2 Å². The van der Waals surface area contributed by atoms with Crippen molar-refractivity contribution >= 4 is 28.6 Å². The Morgan fingerprint density at radius 2 is 2.05 bits per heavy atom. The lowest BCUT2D eigenvalue weighted by Gasteiger charge is -2.05. The smallest absolute Gasteiger partial charge is 0.262 e. The van der Waals surface area contributed by atoms with Gasteiger partial charge in [0.1, 0.15) is 11.3 Å². The molecule has 3 rings (SSSR count). The molecule has 0 radical (unpaired) electrons. The van der Waals surface area contributed by atoms with E-state index in [0.29, 0.717) is 11.2 Å². The van der Waals surface area contributed by atoms with Gasteiger partial charge in [0.2, 0.25) is 5.95 Å². The summed E-state index contributed by atoms with van der Waals surface area (Å²) in [6, 6.07) is 7.71. The summed E-state index contributed by atoms with van der Waals surface area (Å²) in [7, 11) is 0. The van der Waals surface area contributed by atoms with Gasteiger partial charge in [-0.05, 0) is 24.8 Å². The number of para-hydroxylation sites is 1. The standard InChI is InChI=1S/C12H11N5OS/c1-7-6-18-12(14-7)19-10-8-4-2-3-5-9(8)15-11(16-10)17-13/h2-6H,13H2,1H3,(H,15,16,17). The Morgan fingerprint density at radius 3 is 2.79 bits per heavy atom. The van der Waals surface area contributed by atoms with Gasteiger partial charge in [-0.3, -0.25) is 5.43 Å². The first kappa shape index (κ1) is 11.9. The Labute approximate surface area is 113 Å². The molecule has 0 fully saturated rings. The summed E-state index contributed by atoms with van der Waals surface area (Å²) >= 11 is 1.34. The van der Waals surface area contributed by atoms with Gasteiger partial charge in [0.05, 0.1) is 11.2 Å². The zero-order valence-electron chi connectivity index (χ0n) is 10.1. The third-order valence-corrected chi connectivity index (χ3v) is 3.35. The Bertz CT molecular complexity index is 727. The van der Waals surface area contributed by atoms with E-state index < -0.39 is 0 Å². The van der Waals surface area contributed by atoms with Gasteiger partial charge < -0.3 is 4.42 Å². The number of hydrogen-bond acceptors (Lipinski definition) is 7. The summed E-state index contributed by atoms with van der Waals surface area (Å²) in [6.07, 6.45) is 1.60. The Hall–Kier alpha value is -2.12. The van der Waals surface area contributed by atoms with Crippen molar-refractivity contribution in [3.63, 3.8) is 0 Å². The van der Waals surface area contributed by atoms with Crippen molar-refractivity contribution in [1.82, 2.24) is 15.0 Å². The van der Waals surface area contributed by atoms with Crippen molar-refractivity contribution in [1.29, 1.82) is 0 Å². The molecular weight excluding hydrogens is 262 g/mol. The number of benzene rings is 1. The molecule has 0 spiro atoms. The molecule has 0 bridgehead atoms. The van der Waals surface area contributed by atoms with Crippen LogP contribution in [0.5, 0.6) is 0 Å². The van der Waals surface area contributed by atoms with E-state index in [2.05, 4.69) is 20.4 Å². The molecule has 0 aliphatic carbocycles. The predicted molar refractivity (Wildman–Crippen MR) is 72.7 cm³/mol. The SMILES string of the molecule is Cc1coc(Sc2nc(NN)nc3ccccc23)n1. The summed E-state index contributed by atoms with van der Waals surface area (Å²) in [5, 5.41) is 2.23. The van der Waals surface area contributed by atoms with E-state index in [4.69, 9.17) is 10.3 Å². The number of hydrogen-bond donors (Lipinski definition) is 2. The van der Waals surface area contributed by atoms with Gasteiger partial charge in [-0.15, -0.1) is 0 Å². The fourth-order valence-electron chi connectivity index (χ4n) is 1.65. The minimum absolute atomic E-state index is 0.365. The zero-order valence-corrected chi connectivity index (χ0v) is 10.9. The van der Waals surface area contributed by atoms with E-state index in [1.165, 1.54) is 11.8 Å². The molecular formula is C12H11N5OS. The fourth-order valence-corrected chi connectivity index (χ4v) is 2.52. The van der Waals surface area contributed by atoms with Crippen LogP contribution in [-0.2, 0) is 0 Å². The molecule has 2 aromatic heterocycles. The molecule has 0 amide bonds. The molecule has 0 saturated carbocycles. The average Bonchev–Trinajstić information content (AvgIpc) is 2.84. The number of aryl methyl sites for hydroxylation is 1. The molecule has 3 aromatic rings. The molecule has 96 valence electrons. The molecule has 19 heavy (non-hydrogen) atoms. The molecule has 0 aliphatic heterocycles. The lowest BCUT2D eigenvalue weighted by Crippen LogP contribution is -2.10. The monoisotopic (exact) mass is 273 g/mol. The average molecular weight is 273 g/mol. The van der Waals surface area contributed by atoms with Crippen molar-refractivity contribution in [2.45, 2.75) is 17.2 Å². The second kappa shape index (κ2) is 4.87. The molecule has 0 atom stereocenters. The molecule has 1 aromatic carbocycles. The molecule has 0 saturated heterocycles. The summed E-state index contributed by atoms with van der Waals surface area (Å²) in [5.74, 6) is 5.75. The van der Waals surface area contributed by atoms with Crippen LogP contribution in [0.2, 0.25) is 0 Å². The van der Waals surface area contributed by atoms with Gasteiger partial charge in [0, 0.05) is 5.39 Å². The van der Waals surface area contributed by atoms with Crippen molar-refractivity contribution < 1.29 is 4.42 Å². The van der Waals surface area contributed by atoms with Crippen molar-refractivity contribution in [2.75, 3.05) is 5.43 Å². The number of rotatable bonds is 3. The summed E-state index contributed by atoms with van der Waals surface area (Å²) in [4.78, 5) is 12.9. The molecule has 3 N–H and O–H groups in total. The van der Waals surface area contributed by atoms with Crippen LogP contribution < -0.4 is 11.3 Å². The lowest BCUT2D eigenvalue weighted by atomic mass is 10.2. The highest BCUT2D eigenvalue weighted by molar-refractivity contribution is 7.99. The number of nitrogen functional groups attached to an aromatic ring is 1. The first-order valence-corrected chi connectivity index (χ1v) is 6.41. The van der Waals surface area contributed by atoms with E-state index in [1.807, 2.05) is 31.2 Å². The topological polar surface area (TPSA) is 89.9 Å². The maximum Gasteiger partial charge on any atom is 0.262 e. The molecule has 6 nitrogen and oxygen atoms in total. The number of oxazole rings is 1. The van der Waals surface area contributed by atoms with E-state index in [0.717, 1.165) is 21.6 Å². The Kier molecular flexibility index (Phi) is 3.06. The third kappa shape index (κ3) is 2.38. The van der Waals surface area contributed by atoms with Gasteiger partial charge in [0.25, 0.3) is 5.22 Å². The number of nitrogens with one attached hydrogen (secondary N) is 1. The number of fused-ring (bicyclic) bond motifs is 1. The minimum Gasteiger partial charge on any atom is -0.439 e. The highest BCUT2D eigenvalue weighted by Crippen LogP contribution is 2.31. The van der Waals surface area contributed by atoms with Crippen LogP contribution in [0.4, 0.5) is 5.95 Å². The summed E-state index contributed by atoms with van der Waals surface area (Å²) in [6.45, 7) is 1.87. The Balaban J connectivity index is 2.10. The van der Waals surface area contributed by atoms with Crippen LogP contribution in [0.1, 0.15) is 5.69 Å². The second-order valence-electron chi connectivity index (χ2n) is 3.87. The van der Waals surface area contributed by atoms with Gasteiger partial charge in [0.15, 0.2) is 0 Å². The van der Waals surface area contributed by atoms with Gasteiger partial charge in [-0.2, -0.15) is 0 Å². The van der Waals surface area contributed by atoms with Crippen LogP contribution in [-0.4, -0.2) is 15.0 Å². The highest BCUT2D eigenvalue weighted by atomic mass is 32.2. The molecule has 0 unspecified atom stereocenters. The van der Waals surface area contributed by atoms with Gasteiger partial charge >= 0.3 is 0 Å². The number of nitrogens with two attached hydrogens (primary N) is 1. The van der Waals surface area contributed by atoms with E-state index >= 15 is 0 Å². The van der Waals surface area contributed by atoms with Crippen LogP contribution in [0.25, 0.3) is 10.9 Å². The van der Waals surface area contributed by atoms with E-state index in [9.17, 15) is 0 Å². The highest BCUT2D eigenvalue weighted by Gasteiger charge is 2.11. The largest absolute Gasteiger partial charge is 0.439 e. The lowest BCUT2D eigenvalue weighted by molar-refractivity contribution is 0.454. The molecule has 7 heteroatoms. The summed E-state index contributed by atoms with van der Waals surface area (Å²) < 4.78 is 5.33. The van der Waals surface area contributed by atoms with Gasteiger partial charge in [-0.1, -0.05) is 18.2 Å². The third-order valence-electron chi connectivity index (χ3n) is 2.48. The van der Waals surface area contributed by atoms with Crippen molar-refractivity contribution in [2.24, 2.45) is 5.84 Å². The minimum atomic E-state index is 0.365. The summed E-state index contributed by atoms with van der Waals surface area (Å²) in [5.41, 5.74) is 4.11. The zero-order chi connectivity index (χ0) is 13.2. The first-order valence-electron chi connectivity index (χ1n) is 5.59. The molecule has 0 aliphatic rings. The number of hydrazine groups is 1. The van der Waals surface area contributed by atoms with Gasteiger partial charge in [-0.25, -0.2) is 20.8 Å². The van der Waals surface area contributed by atoms with E-state index in [-0.39, 0.29) is 0 Å². The maximum atomic E-state index is 5.38. The van der Waals surface area contributed by atoms with E-state index in [1.54, 1.807) is 6.26 Å². The Morgan fingerprint density at radius 1 is 1.21 bits per heavy atom. The number of aromatic nitrogens is 3. The number of anilines is 1. The second-order valence-corrected chi connectivity index (χ2v) is 4.81. The quantitative estimate of drug-likeness (QED) is 0.430. The van der Waals surface area contributed by atoms with Crippen LogP contribution >= 0.6 is 11.8 Å². The van der Waals surface area contributed by atoms with Crippen molar-refractivity contribution in [3.8, 4) is 0 Å². The van der Waals surface area contributed by atoms with Crippen LogP contribution in [0, 0.1) is 6.92 Å². The fraction of sp³-hybridized carbons (Fsp3) is 0.0833.